The molecule has 1 aromatic carbocycles. The predicted octanol–water partition coefficient (Wildman–Crippen LogP) is 2.91. The molecule has 182 valence electrons. The number of ether oxygens (including phenoxy) is 3. The summed E-state index contributed by atoms with van der Waals surface area (Å²) in [6.45, 7) is 8.97. The lowest BCUT2D eigenvalue weighted by molar-refractivity contribution is -0.141. The summed E-state index contributed by atoms with van der Waals surface area (Å²) < 4.78 is 22.1. The van der Waals surface area contributed by atoms with Crippen LogP contribution in [0.25, 0.3) is 5.57 Å². The number of anilines is 1. The van der Waals surface area contributed by atoms with Gasteiger partial charge in [0.25, 0.3) is 0 Å². The molecule has 5 rings (SSSR count). The number of amides is 1. The van der Waals surface area contributed by atoms with Gasteiger partial charge in [0, 0.05) is 17.2 Å². The van der Waals surface area contributed by atoms with Gasteiger partial charge in [-0.1, -0.05) is 6.08 Å². The van der Waals surface area contributed by atoms with E-state index in [-0.39, 0.29) is 35.1 Å². The number of nitrogens with two attached hydrogens (primary N) is 1. The molecule has 1 spiro atoms. The Labute approximate surface area is 201 Å². The number of nitrogens with zero attached hydrogens (tertiary/aromatic N) is 1. The third-order valence-corrected chi connectivity index (χ3v) is 6.78. The van der Waals surface area contributed by atoms with Crippen molar-refractivity contribution in [2.45, 2.75) is 45.6 Å². The quantitative estimate of drug-likeness (QED) is 0.669. The molecule has 0 saturated carbocycles. The number of esters is 1. The Hall–Kier alpha value is -4.01. The standard InChI is InChI=1S/C26H26N2O7/c1-7-33-22(29)19-21(27)35-17-8-13(3)34-23(30)18(17)26(19)16-10-14(32-6)9-15-12(2)11-25(4,5)28(20(15)16)24(26)31/h8-11H,7,27H2,1-6H3/t26-/m0/s1. The Morgan fingerprint density at radius 3 is 2.54 bits per heavy atom. The lowest BCUT2D eigenvalue weighted by Crippen LogP contribution is -2.55. The van der Waals surface area contributed by atoms with E-state index >= 15 is 0 Å². The number of hydrogen-bond donors (Lipinski definition) is 1. The molecule has 1 aromatic heterocycles. The molecule has 4 heterocycles. The Kier molecular flexibility index (Phi) is 4.71. The highest BCUT2D eigenvalue weighted by Gasteiger charge is 2.65. The van der Waals surface area contributed by atoms with E-state index < -0.39 is 28.5 Å². The number of rotatable bonds is 3. The first-order chi connectivity index (χ1) is 16.5. The maximum absolute atomic E-state index is 14.7. The summed E-state index contributed by atoms with van der Waals surface area (Å²) in [4.78, 5) is 43.1. The van der Waals surface area contributed by atoms with Crippen LogP contribution in [-0.2, 0) is 19.7 Å². The number of aryl methyl sites for hydroxylation is 1. The highest BCUT2D eigenvalue weighted by atomic mass is 16.5. The molecule has 9 heteroatoms. The number of hydrogen-bond acceptors (Lipinski definition) is 8. The molecule has 2 aromatic rings. The van der Waals surface area contributed by atoms with E-state index in [1.807, 2.05) is 32.9 Å². The lowest BCUT2D eigenvalue weighted by Gasteiger charge is -2.40. The number of benzene rings is 1. The molecule has 2 N–H and O–H groups in total. The fourth-order valence-corrected chi connectivity index (χ4v) is 5.58. The first-order valence-electron chi connectivity index (χ1n) is 11.3. The van der Waals surface area contributed by atoms with Gasteiger partial charge in [-0.05, 0) is 52.3 Å². The van der Waals surface area contributed by atoms with Crippen LogP contribution in [0.3, 0.4) is 0 Å². The topological polar surface area (TPSA) is 121 Å². The lowest BCUT2D eigenvalue weighted by atomic mass is 9.68. The molecule has 9 nitrogen and oxygen atoms in total. The number of carbonyl (C=O) groups excluding carboxylic acids is 2. The minimum absolute atomic E-state index is 0.0291. The average Bonchev–Trinajstić information content (AvgIpc) is 3.01. The fraction of sp³-hybridized carbons (Fsp3) is 0.346. The van der Waals surface area contributed by atoms with Crippen molar-refractivity contribution in [2.75, 3.05) is 18.6 Å². The SMILES string of the molecule is CCOC(=O)C1=C(N)Oc2cc(C)oc(=O)c2[C@]12C(=O)N1c3c(cc(OC)cc32)C(C)=CC1(C)C. The van der Waals surface area contributed by atoms with Crippen LogP contribution in [0, 0.1) is 6.92 Å². The summed E-state index contributed by atoms with van der Waals surface area (Å²) in [5.41, 5.74) is 5.02. The van der Waals surface area contributed by atoms with Gasteiger partial charge >= 0.3 is 11.6 Å². The Morgan fingerprint density at radius 2 is 1.89 bits per heavy atom. The molecule has 35 heavy (non-hydrogen) atoms. The van der Waals surface area contributed by atoms with E-state index in [1.165, 1.54) is 13.2 Å². The molecule has 3 aliphatic rings. The van der Waals surface area contributed by atoms with Crippen LogP contribution < -0.4 is 25.7 Å². The molecule has 0 aliphatic carbocycles. The van der Waals surface area contributed by atoms with Gasteiger partial charge in [0.05, 0.1) is 24.9 Å². The second-order valence-electron chi connectivity index (χ2n) is 9.39. The van der Waals surface area contributed by atoms with Gasteiger partial charge in [0.2, 0.25) is 11.8 Å². The van der Waals surface area contributed by atoms with E-state index in [2.05, 4.69) is 0 Å². The summed E-state index contributed by atoms with van der Waals surface area (Å²) in [6.07, 6.45) is 1.96. The monoisotopic (exact) mass is 478 g/mol. The van der Waals surface area contributed by atoms with Gasteiger partial charge < -0.3 is 29.3 Å². The highest BCUT2D eigenvalue weighted by Crippen LogP contribution is 2.60. The van der Waals surface area contributed by atoms with Gasteiger partial charge in [-0.3, -0.25) is 4.79 Å². The van der Waals surface area contributed by atoms with Crippen LogP contribution in [0.15, 0.2) is 44.9 Å². The summed E-state index contributed by atoms with van der Waals surface area (Å²) in [6, 6.07) is 4.97. The molecule has 0 fully saturated rings. The normalized spacial score (nSPS) is 21.4. The average molecular weight is 479 g/mol. The number of allylic oxidation sites excluding steroid dienone is 1. The van der Waals surface area contributed by atoms with Gasteiger partial charge in [0.1, 0.15) is 33.8 Å². The molecule has 0 unspecified atom stereocenters. The molecule has 1 amide bonds. The Bertz CT molecular complexity index is 1450. The molecule has 3 aliphatic heterocycles. The van der Waals surface area contributed by atoms with E-state index in [0.29, 0.717) is 17.0 Å². The van der Waals surface area contributed by atoms with Crippen LogP contribution in [-0.4, -0.2) is 31.1 Å². The maximum Gasteiger partial charge on any atom is 0.344 e. The highest BCUT2D eigenvalue weighted by molar-refractivity contribution is 6.21. The zero-order valence-electron chi connectivity index (χ0n) is 20.4. The van der Waals surface area contributed by atoms with Gasteiger partial charge in [-0.15, -0.1) is 0 Å². The summed E-state index contributed by atoms with van der Waals surface area (Å²) in [5.74, 6) is -0.922. The third-order valence-electron chi connectivity index (χ3n) is 6.78. The zero-order chi connectivity index (χ0) is 25.4. The van der Waals surface area contributed by atoms with Crippen LogP contribution in [0.4, 0.5) is 5.69 Å². The van der Waals surface area contributed by atoms with Gasteiger partial charge in [0.15, 0.2) is 0 Å². The number of carbonyl (C=O) groups is 2. The van der Waals surface area contributed by atoms with Crippen molar-refractivity contribution in [1.29, 1.82) is 0 Å². The van der Waals surface area contributed by atoms with E-state index in [9.17, 15) is 14.4 Å². The van der Waals surface area contributed by atoms with Crippen molar-refractivity contribution in [2.24, 2.45) is 5.73 Å². The van der Waals surface area contributed by atoms with Crippen LogP contribution >= 0.6 is 0 Å². The molecular weight excluding hydrogens is 452 g/mol. The smallest absolute Gasteiger partial charge is 0.344 e. The van der Waals surface area contributed by atoms with Gasteiger partial charge in [-0.2, -0.15) is 0 Å². The van der Waals surface area contributed by atoms with Gasteiger partial charge in [-0.25, -0.2) is 9.59 Å². The Balaban J connectivity index is 2.01. The molecule has 0 bridgehead atoms. The third kappa shape index (κ3) is 2.78. The first-order valence-corrected chi connectivity index (χ1v) is 11.3. The minimum Gasteiger partial charge on any atom is -0.497 e. The van der Waals surface area contributed by atoms with Crippen LogP contribution in [0.1, 0.15) is 50.1 Å². The molecule has 1 atom stereocenters. The Morgan fingerprint density at radius 1 is 1.17 bits per heavy atom. The molecule has 0 saturated heterocycles. The number of methoxy groups -OCH3 is 1. The first kappa shape index (κ1) is 22.8. The molecule has 0 radical (unpaired) electrons. The number of fused-ring (bicyclic) bond motifs is 3. The second kappa shape index (κ2) is 7.24. The minimum atomic E-state index is -1.95. The zero-order valence-corrected chi connectivity index (χ0v) is 20.4. The predicted molar refractivity (Wildman–Crippen MR) is 127 cm³/mol. The van der Waals surface area contributed by atoms with E-state index in [1.54, 1.807) is 24.8 Å². The second-order valence-corrected chi connectivity index (χ2v) is 9.39. The van der Waals surface area contributed by atoms with Crippen molar-refractivity contribution in [3.63, 3.8) is 0 Å². The van der Waals surface area contributed by atoms with E-state index in [0.717, 1.165) is 11.1 Å². The van der Waals surface area contributed by atoms with Crippen molar-refractivity contribution in [3.8, 4) is 11.5 Å². The summed E-state index contributed by atoms with van der Waals surface area (Å²) in [7, 11) is 1.51. The summed E-state index contributed by atoms with van der Waals surface area (Å²) in [5, 5.41) is 0. The maximum atomic E-state index is 14.7. The van der Waals surface area contributed by atoms with Crippen molar-refractivity contribution in [3.05, 3.63) is 68.6 Å². The largest absolute Gasteiger partial charge is 0.497 e. The van der Waals surface area contributed by atoms with Crippen LogP contribution in [0.2, 0.25) is 0 Å². The van der Waals surface area contributed by atoms with E-state index in [4.69, 9.17) is 24.4 Å². The molecular formula is C26H26N2O7. The van der Waals surface area contributed by atoms with Crippen molar-refractivity contribution >= 4 is 23.1 Å². The van der Waals surface area contributed by atoms with Crippen LogP contribution in [0.5, 0.6) is 11.5 Å². The van der Waals surface area contributed by atoms with Crippen molar-refractivity contribution < 1.29 is 28.2 Å². The fourth-order valence-electron chi connectivity index (χ4n) is 5.58. The van der Waals surface area contributed by atoms with Crippen molar-refractivity contribution in [1.82, 2.24) is 0 Å². The summed E-state index contributed by atoms with van der Waals surface area (Å²) >= 11 is 0.